The number of hydrogen-bond acceptors (Lipinski definition) is 6. The number of carboxylic acid groups (broad SMARTS) is 1. The van der Waals surface area contributed by atoms with E-state index >= 15 is 0 Å². The lowest BCUT2D eigenvalue weighted by molar-refractivity contribution is -0.133. The second kappa shape index (κ2) is 9.94. The summed E-state index contributed by atoms with van der Waals surface area (Å²) in [6, 6.07) is 10.0. The molecular formula is C28H31F2N5O4. The number of anilines is 2. The molecule has 2 heterocycles. The van der Waals surface area contributed by atoms with Gasteiger partial charge in [0.15, 0.2) is 0 Å². The number of rotatable bonds is 8. The largest absolute Gasteiger partial charge is 0.478 e. The Morgan fingerprint density at radius 3 is 2.51 bits per heavy atom. The summed E-state index contributed by atoms with van der Waals surface area (Å²) >= 11 is 0. The van der Waals surface area contributed by atoms with E-state index in [9.17, 15) is 28.3 Å². The molecule has 2 N–H and O–H groups in total. The van der Waals surface area contributed by atoms with E-state index in [-0.39, 0.29) is 40.8 Å². The molecule has 1 aliphatic heterocycles. The van der Waals surface area contributed by atoms with Crippen LogP contribution in [0.3, 0.4) is 0 Å². The fourth-order valence-corrected chi connectivity index (χ4v) is 5.87. The van der Waals surface area contributed by atoms with E-state index in [1.54, 1.807) is 31.3 Å². The molecule has 5 rings (SSSR count). The number of fused-ring (bicyclic) bond motifs is 2. The van der Waals surface area contributed by atoms with Gasteiger partial charge in [-0.25, -0.2) is 18.6 Å². The van der Waals surface area contributed by atoms with E-state index in [1.807, 2.05) is 24.8 Å². The van der Waals surface area contributed by atoms with Gasteiger partial charge in [-0.15, -0.1) is 0 Å². The second-order valence-electron chi connectivity index (χ2n) is 10.6. The van der Waals surface area contributed by atoms with Gasteiger partial charge in [-0.05, 0) is 49.4 Å². The number of halogens is 2. The quantitative estimate of drug-likeness (QED) is 0.451. The highest BCUT2D eigenvalue weighted by Gasteiger charge is 2.60. The van der Waals surface area contributed by atoms with Crippen LogP contribution >= 0.6 is 0 Å². The summed E-state index contributed by atoms with van der Waals surface area (Å²) in [5, 5.41) is 13.3. The molecule has 2 fully saturated rings. The third kappa shape index (κ3) is 4.81. The van der Waals surface area contributed by atoms with Crippen molar-refractivity contribution in [3.8, 4) is 0 Å². The standard InChI is InChI=1S/C28H31F2N5O4/c1-14-9-17(15(2)31-21-8-6-5-7-16(21)27(38)39)24-18(10-14)25(36)34(4)28(32-24)35-11-19-20(12-35)23(19)26(37)33(3)13-22(29)30/h5-10,15,19-20,22-23,31H,11-13H2,1-4H3,(H,38,39)/t15?,19-,20+,23?. The molecule has 3 aromatic rings. The number of para-hydroxylation sites is 1. The minimum Gasteiger partial charge on any atom is -0.478 e. The Hall–Kier alpha value is -4.02. The summed E-state index contributed by atoms with van der Waals surface area (Å²) in [4.78, 5) is 45.8. The van der Waals surface area contributed by atoms with Crippen LogP contribution in [0.25, 0.3) is 10.9 Å². The third-order valence-corrected chi connectivity index (χ3v) is 7.88. The molecular weight excluding hydrogens is 508 g/mol. The lowest BCUT2D eigenvalue weighted by Crippen LogP contribution is -2.37. The fraction of sp³-hybridized carbons (Fsp3) is 0.429. The van der Waals surface area contributed by atoms with E-state index < -0.39 is 18.9 Å². The summed E-state index contributed by atoms with van der Waals surface area (Å²) < 4.78 is 27.0. The van der Waals surface area contributed by atoms with Gasteiger partial charge < -0.3 is 20.2 Å². The van der Waals surface area contributed by atoms with Crippen molar-refractivity contribution in [3.63, 3.8) is 0 Å². The van der Waals surface area contributed by atoms with Crippen molar-refractivity contribution in [3.05, 3.63) is 63.4 Å². The highest BCUT2D eigenvalue weighted by molar-refractivity contribution is 5.94. The first kappa shape index (κ1) is 26.6. The Bertz CT molecular complexity index is 1510. The van der Waals surface area contributed by atoms with Crippen molar-refractivity contribution in [1.29, 1.82) is 0 Å². The Morgan fingerprint density at radius 2 is 1.87 bits per heavy atom. The van der Waals surface area contributed by atoms with Gasteiger partial charge in [0, 0.05) is 44.4 Å². The van der Waals surface area contributed by atoms with Crippen molar-refractivity contribution >= 4 is 34.4 Å². The van der Waals surface area contributed by atoms with Crippen molar-refractivity contribution < 1.29 is 23.5 Å². The van der Waals surface area contributed by atoms with E-state index in [1.165, 1.54) is 17.7 Å². The maximum absolute atomic E-state index is 13.5. The van der Waals surface area contributed by atoms with Crippen LogP contribution in [-0.4, -0.2) is 64.5 Å². The molecule has 0 radical (unpaired) electrons. The summed E-state index contributed by atoms with van der Waals surface area (Å²) in [6.07, 6.45) is -2.57. The number of hydrogen-bond donors (Lipinski definition) is 2. The molecule has 1 saturated carbocycles. The molecule has 0 bridgehead atoms. The molecule has 1 aromatic heterocycles. The van der Waals surface area contributed by atoms with Gasteiger partial charge in [0.1, 0.15) is 0 Å². The van der Waals surface area contributed by atoms with Crippen LogP contribution in [0, 0.1) is 24.7 Å². The molecule has 0 spiro atoms. The number of nitrogens with zero attached hydrogens (tertiary/aromatic N) is 4. The van der Waals surface area contributed by atoms with Gasteiger partial charge in [-0.3, -0.25) is 14.2 Å². The SMILES string of the molecule is Cc1cc(C(C)Nc2ccccc2C(=O)O)c2nc(N3C[C@@H]4C(C(=O)N(C)CC(F)F)[C@@H]4C3)n(C)c(=O)c2c1. The Balaban J connectivity index is 1.44. The number of aromatic carboxylic acids is 1. The third-order valence-electron chi connectivity index (χ3n) is 7.88. The van der Waals surface area contributed by atoms with Crippen LogP contribution in [0.4, 0.5) is 20.4 Å². The van der Waals surface area contributed by atoms with Gasteiger partial charge in [-0.2, -0.15) is 0 Å². The Kier molecular flexibility index (Phi) is 6.77. The molecule has 11 heteroatoms. The molecule has 39 heavy (non-hydrogen) atoms. The van der Waals surface area contributed by atoms with E-state index in [2.05, 4.69) is 5.32 Å². The maximum atomic E-state index is 13.5. The highest BCUT2D eigenvalue weighted by atomic mass is 19.3. The molecule has 2 unspecified atom stereocenters. The van der Waals surface area contributed by atoms with Crippen LogP contribution in [0.2, 0.25) is 0 Å². The van der Waals surface area contributed by atoms with Crippen LogP contribution in [0.15, 0.2) is 41.2 Å². The van der Waals surface area contributed by atoms with Crippen molar-refractivity contribution in [2.75, 3.05) is 36.9 Å². The van der Waals surface area contributed by atoms with Crippen LogP contribution in [-0.2, 0) is 11.8 Å². The van der Waals surface area contributed by atoms with Gasteiger partial charge in [-0.1, -0.05) is 18.2 Å². The average Bonchev–Trinajstić information content (AvgIpc) is 3.37. The molecule has 2 aliphatic rings. The fourth-order valence-electron chi connectivity index (χ4n) is 5.87. The minimum atomic E-state index is -2.57. The van der Waals surface area contributed by atoms with E-state index in [0.717, 1.165) is 16.0 Å². The average molecular weight is 540 g/mol. The topological polar surface area (TPSA) is 108 Å². The predicted octanol–water partition coefficient (Wildman–Crippen LogP) is 3.52. The molecule has 4 atom stereocenters. The first-order valence-corrected chi connectivity index (χ1v) is 12.9. The number of aromatic nitrogens is 2. The first-order valence-electron chi connectivity index (χ1n) is 12.9. The van der Waals surface area contributed by atoms with Crippen molar-refractivity contribution in [2.24, 2.45) is 24.8 Å². The molecule has 1 aliphatic carbocycles. The molecule has 9 nitrogen and oxygen atoms in total. The molecule has 2 aromatic carbocycles. The number of benzene rings is 2. The highest BCUT2D eigenvalue weighted by Crippen LogP contribution is 2.53. The maximum Gasteiger partial charge on any atom is 0.337 e. The Labute approximate surface area is 224 Å². The summed E-state index contributed by atoms with van der Waals surface area (Å²) in [7, 11) is 3.07. The lowest BCUT2D eigenvalue weighted by Gasteiger charge is -2.25. The number of aryl methyl sites for hydroxylation is 1. The smallest absolute Gasteiger partial charge is 0.337 e. The number of alkyl halides is 2. The summed E-state index contributed by atoms with van der Waals surface area (Å²) in [5.74, 6) is -1.02. The van der Waals surface area contributed by atoms with Gasteiger partial charge in [0.2, 0.25) is 11.9 Å². The number of amides is 1. The number of carboxylic acids is 1. The van der Waals surface area contributed by atoms with Crippen molar-refractivity contribution in [1.82, 2.24) is 14.5 Å². The minimum absolute atomic E-state index is 0.0378. The summed E-state index contributed by atoms with van der Waals surface area (Å²) in [5.41, 5.74) is 2.56. The number of piperidine rings is 1. The molecule has 206 valence electrons. The first-order chi connectivity index (χ1) is 18.5. The van der Waals surface area contributed by atoms with Gasteiger partial charge >= 0.3 is 5.97 Å². The second-order valence-corrected chi connectivity index (χ2v) is 10.6. The lowest BCUT2D eigenvalue weighted by atomic mass is 10.0. The van der Waals surface area contributed by atoms with Gasteiger partial charge in [0.05, 0.1) is 29.1 Å². The van der Waals surface area contributed by atoms with Crippen LogP contribution < -0.4 is 15.8 Å². The molecule has 1 amide bonds. The monoisotopic (exact) mass is 539 g/mol. The van der Waals surface area contributed by atoms with Crippen LogP contribution in [0.5, 0.6) is 0 Å². The summed E-state index contributed by atoms with van der Waals surface area (Å²) in [6.45, 7) is 4.23. The van der Waals surface area contributed by atoms with Gasteiger partial charge in [0.25, 0.3) is 12.0 Å². The van der Waals surface area contributed by atoms with Crippen LogP contribution in [0.1, 0.15) is 34.5 Å². The zero-order chi connectivity index (χ0) is 28.2. The Morgan fingerprint density at radius 1 is 1.21 bits per heavy atom. The zero-order valence-corrected chi connectivity index (χ0v) is 22.2. The predicted molar refractivity (Wildman–Crippen MR) is 143 cm³/mol. The van der Waals surface area contributed by atoms with E-state index in [4.69, 9.17) is 4.98 Å². The van der Waals surface area contributed by atoms with E-state index in [0.29, 0.717) is 35.6 Å². The van der Waals surface area contributed by atoms with Crippen molar-refractivity contribution in [2.45, 2.75) is 26.3 Å². The normalized spacial score (nSPS) is 20.7. The zero-order valence-electron chi connectivity index (χ0n) is 22.2. The molecule has 1 saturated heterocycles. The number of carbonyl (C=O) groups excluding carboxylic acids is 1. The number of nitrogens with one attached hydrogen (secondary N) is 1. The number of carbonyl (C=O) groups is 2.